The highest BCUT2D eigenvalue weighted by Gasteiger charge is 2.14. The molecule has 0 spiro atoms. The van der Waals surface area contributed by atoms with E-state index in [4.69, 9.17) is 4.74 Å². The zero-order valence-electron chi connectivity index (χ0n) is 18.1. The number of nitro groups is 1. The lowest BCUT2D eigenvalue weighted by molar-refractivity contribution is -0.384. The lowest BCUT2D eigenvalue weighted by Crippen LogP contribution is -2.18. The average molecular weight is 453 g/mol. The van der Waals surface area contributed by atoms with Crippen LogP contribution in [0.4, 0.5) is 5.69 Å². The Morgan fingerprint density at radius 1 is 0.941 bits per heavy atom. The van der Waals surface area contributed by atoms with Gasteiger partial charge in [0, 0.05) is 23.3 Å². The van der Waals surface area contributed by atoms with Gasteiger partial charge in [-0.1, -0.05) is 54.1 Å². The summed E-state index contributed by atoms with van der Waals surface area (Å²) in [7, 11) is 0. The molecule has 4 aromatic rings. The Hall–Kier alpha value is -4.85. The van der Waals surface area contributed by atoms with Gasteiger partial charge >= 0.3 is 5.97 Å². The van der Waals surface area contributed by atoms with Gasteiger partial charge in [-0.3, -0.25) is 14.9 Å². The molecule has 4 aromatic carbocycles. The molecule has 0 aliphatic rings. The Balaban J connectivity index is 1.61. The standard InChI is InChI=1S/C26H19N3O5/c1-17-9-11-19(12-10-17)26(31)34-24-14-13-18-5-2-3-8-22(18)23(24)16-27-28-25(30)20-6-4-7-21(15-20)29(32)33/h2-16H,1H3,(H,28,30)/b27-16-. The minimum Gasteiger partial charge on any atom is -0.422 e. The number of hydrogen-bond donors (Lipinski definition) is 1. The van der Waals surface area contributed by atoms with Crippen molar-refractivity contribution in [2.75, 3.05) is 0 Å². The number of hydrazone groups is 1. The van der Waals surface area contributed by atoms with Crippen molar-refractivity contribution in [2.45, 2.75) is 6.92 Å². The predicted octanol–water partition coefficient (Wildman–Crippen LogP) is 5.04. The number of hydrogen-bond acceptors (Lipinski definition) is 6. The minimum atomic E-state index is -0.613. The number of ether oxygens (including phenoxy) is 1. The van der Waals surface area contributed by atoms with Gasteiger partial charge in [0.1, 0.15) is 5.75 Å². The maximum absolute atomic E-state index is 12.7. The summed E-state index contributed by atoms with van der Waals surface area (Å²) in [4.78, 5) is 35.5. The van der Waals surface area contributed by atoms with Crippen molar-refractivity contribution >= 4 is 34.6 Å². The van der Waals surface area contributed by atoms with Crippen molar-refractivity contribution in [1.82, 2.24) is 5.43 Å². The van der Waals surface area contributed by atoms with E-state index in [2.05, 4.69) is 10.5 Å². The van der Waals surface area contributed by atoms with Crippen molar-refractivity contribution in [3.05, 3.63) is 117 Å². The van der Waals surface area contributed by atoms with Gasteiger partial charge in [-0.05, 0) is 42.0 Å². The molecule has 0 heterocycles. The first-order chi connectivity index (χ1) is 16.4. The highest BCUT2D eigenvalue weighted by molar-refractivity contribution is 6.04. The molecular formula is C26H19N3O5. The lowest BCUT2D eigenvalue weighted by Gasteiger charge is -2.11. The zero-order valence-corrected chi connectivity index (χ0v) is 18.1. The SMILES string of the molecule is Cc1ccc(C(=O)Oc2ccc3ccccc3c2/C=N\NC(=O)c2cccc([N+](=O)[O-])c2)cc1. The van der Waals surface area contributed by atoms with E-state index in [-0.39, 0.29) is 17.0 Å². The molecule has 0 aliphatic heterocycles. The van der Waals surface area contributed by atoms with E-state index in [1.807, 2.05) is 49.4 Å². The Labute approximate surface area is 194 Å². The van der Waals surface area contributed by atoms with E-state index in [0.29, 0.717) is 11.1 Å². The van der Waals surface area contributed by atoms with E-state index in [9.17, 15) is 19.7 Å². The molecule has 4 rings (SSSR count). The number of esters is 1. The van der Waals surface area contributed by atoms with Crippen molar-refractivity contribution in [3.8, 4) is 5.75 Å². The number of aryl methyl sites for hydroxylation is 1. The third kappa shape index (κ3) is 4.97. The summed E-state index contributed by atoms with van der Waals surface area (Å²) < 4.78 is 5.65. The maximum Gasteiger partial charge on any atom is 0.343 e. The summed E-state index contributed by atoms with van der Waals surface area (Å²) in [6.45, 7) is 1.93. The Morgan fingerprint density at radius 2 is 1.71 bits per heavy atom. The highest BCUT2D eigenvalue weighted by Crippen LogP contribution is 2.27. The van der Waals surface area contributed by atoms with Crippen LogP contribution in [0.15, 0.2) is 90.0 Å². The van der Waals surface area contributed by atoms with Crippen molar-refractivity contribution in [1.29, 1.82) is 0 Å². The average Bonchev–Trinajstić information content (AvgIpc) is 2.85. The summed E-state index contributed by atoms with van der Waals surface area (Å²) >= 11 is 0. The predicted molar refractivity (Wildman–Crippen MR) is 128 cm³/mol. The van der Waals surface area contributed by atoms with Gasteiger partial charge in [0.15, 0.2) is 0 Å². The number of nitro benzene ring substituents is 1. The van der Waals surface area contributed by atoms with E-state index in [1.165, 1.54) is 24.4 Å². The Bertz CT molecular complexity index is 1430. The van der Waals surface area contributed by atoms with Crippen LogP contribution in [0.25, 0.3) is 10.8 Å². The Kier molecular flexibility index (Phi) is 6.40. The van der Waals surface area contributed by atoms with Crippen molar-refractivity contribution < 1.29 is 19.2 Å². The lowest BCUT2D eigenvalue weighted by atomic mass is 10.0. The third-order valence-electron chi connectivity index (χ3n) is 5.10. The van der Waals surface area contributed by atoms with Crippen molar-refractivity contribution in [3.63, 3.8) is 0 Å². The van der Waals surface area contributed by atoms with Crippen LogP contribution in [0, 0.1) is 17.0 Å². The molecule has 8 heteroatoms. The van der Waals surface area contributed by atoms with Crippen LogP contribution in [0.3, 0.4) is 0 Å². The largest absolute Gasteiger partial charge is 0.422 e. The molecular weight excluding hydrogens is 434 g/mol. The second kappa shape index (κ2) is 9.74. The van der Waals surface area contributed by atoms with E-state index >= 15 is 0 Å². The fraction of sp³-hybridized carbons (Fsp3) is 0.0385. The molecule has 0 atom stereocenters. The van der Waals surface area contributed by atoms with Gasteiger partial charge in [-0.15, -0.1) is 0 Å². The van der Waals surface area contributed by atoms with Crippen LogP contribution in [-0.2, 0) is 0 Å². The number of carbonyl (C=O) groups is 2. The third-order valence-corrected chi connectivity index (χ3v) is 5.10. The first kappa shape index (κ1) is 22.3. The Morgan fingerprint density at radius 3 is 2.47 bits per heavy atom. The normalized spacial score (nSPS) is 10.9. The second-order valence-corrected chi connectivity index (χ2v) is 7.46. The molecule has 0 saturated carbocycles. The summed E-state index contributed by atoms with van der Waals surface area (Å²) in [5.41, 5.74) is 4.18. The molecule has 0 saturated heterocycles. The van der Waals surface area contributed by atoms with Gasteiger partial charge in [-0.25, -0.2) is 10.2 Å². The van der Waals surface area contributed by atoms with Gasteiger partial charge in [0.25, 0.3) is 11.6 Å². The summed E-state index contributed by atoms with van der Waals surface area (Å²) in [6.07, 6.45) is 1.38. The van der Waals surface area contributed by atoms with E-state index in [0.717, 1.165) is 22.4 Å². The topological polar surface area (TPSA) is 111 Å². The molecule has 0 aromatic heterocycles. The van der Waals surface area contributed by atoms with Crippen LogP contribution in [0.5, 0.6) is 5.75 Å². The molecule has 8 nitrogen and oxygen atoms in total. The molecule has 1 N–H and O–H groups in total. The van der Waals surface area contributed by atoms with Crippen LogP contribution in [-0.4, -0.2) is 23.0 Å². The second-order valence-electron chi connectivity index (χ2n) is 7.46. The molecule has 34 heavy (non-hydrogen) atoms. The number of nitrogens with zero attached hydrogens (tertiary/aromatic N) is 2. The number of amides is 1. The molecule has 1 amide bonds. The number of nitrogens with one attached hydrogen (secondary N) is 1. The highest BCUT2D eigenvalue weighted by atomic mass is 16.6. The molecule has 0 radical (unpaired) electrons. The van der Waals surface area contributed by atoms with Crippen molar-refractivity contribution in [2.24, 2.45) is 5.10 Å². The summed E-state index contributed by atoms with van der Waals surface area (Å²) in [6, 6.07) is 23.3. The van der Waals surface area contributed by atoms with E-state index in [1.54, 1.807) is 18.2 Å². The molecule has 168 valence electrons. The monoisotopic (exact) mass is 453 g/mol. The quantitative estimate of drug-likeness (QED) is 0.145. The van der Waals surface area contributed by atoms with E-state index < -0.39 is 16.8 Å². The van der Waals surface area contributed by atoms with Crippen LogP contribution < -0.4 is 10.2 Å². The fourth-order valence-electron chi connectivity index (χ4n) is 3.33. The molecule has 0 unspecified atom stereocenters. The first-order valence-corrected chi connectivity index (χ1v) is 10.3. The molecule has 0 fully saturated rings. The first-order valence-electron chi connectivity index (χ1n) is 10.3. The van der Waals surface area contributed by atoms with Gasteiger partial charge < -0.3 is 4.74 Å². The van der Waals surface area contributed by atoms with Crippen LogP contribution in [0.2, 0.25) is 0 Å². The number of rotatable bonds is 6. The smallest absolute Gasteiger partial charge is 0.343 e. The van der Waals surface area contributed by atoms with Gasteiger partial charge in [0.05, 0.1) is 16.7 Å². The summed E-state index contributed by atoms with van der Waals surface area (Å²) in [5.74, 6) is -0.860. The fourth-order valence-corrected chi connectivity index (χ4v) is 3.33. The number of carbonyl (C=O) groups excluding carboxylic acids is 2. The number of non-ortho nitro benzene ring substituents is 1. The van der Waals surface area contributed by atoms with Gasteiger partial charge in [0.2, 0.25) is 0 Å². The molecule has 0 bridgehead atoms. The number of fused-ring (bicyclic) bond motifs is 1. The minimum absolute atomic E-state index is 0.0929. The van der Waals surface area contributed by atoms with Crippen LogP contribution >= 0.6 is 0 Å². The maximum atomic E-state index is 12.7. The van der Waals surface area contributed by atoms with Crippen LogP contribution in [0.1, 0.15) is 31.8 Å². The number of benzene rings is 4. The zero-order chi connectivity index (χ0) is 24.1. The molecule has 0 aliphatic carbocycles. The van der Waals surface area contributed by atoms with Gasteiger partial charge in [-0.2, -0.15) is 5.10 Å². The summed E-state index contributed by atoms with van der Waals surface area (Å²) in [5, 5.41) is 16.6.